The second kappa shape index (κ2) is 9.93. The monoisotopic (exact) mass is 463 g/mol. The van der Waals surface area contributed by atoms with Gasteiger partial charge >= 0.3 is 0 Å². The predicted molar refractivity (Wildman–Crippen MR) is 131 cm³/mol. The summed E-state index contributed by atoms with van der Waals surface area (Å²) in [6.45, 7) is 6.68. The number of ether oxygens (including phenoxy) is 1. The van der Waals surface area contributed by atoms with Crippen LogP contribution in [0.1, 0.15) is 46.5 Å². The standard InChI is InChI=1S/C26H29N3O3S/c1-17(2)28(13-14-32-4)26(31)25-21-16-24(19-9-7-8-12-27-19)33-23-11-6-5-10-20(23)29(21)18(3)15-22(25)30/h5-12,15,17,24H,13-14,16H2,1-4H3/t24-/m0/s1. The number of methoxy groups -OCH3 is 1. The van der Waals surface area contributed by atoms with Crippen molar-refractivity contribution in [3.05, 3.63) is 87.6 Å². The first-order chi connectivity index (χ1) is 15.9. The van der Waals surface area contributed by atoms with Gasteiger partial charge in [0.2, 0.25) is 0 Å². The van der Waals surface area contributed by atoms with Crippen molar-refractivity contribution >= 4 is 17.7 Å². The van der Waals surface area contributed by atoms with Crippen LogP contribution in [0.2, 0.25) is 0 Å². The van der Waals surface area contributed by atoms with Crippen molar-refractivity contribution in [1.29, 1.82) is 0 Å². The Kier molecular flexibility index (Phi) is 7.00. The van der Waals surface area contributed by atoms with Crippen molar-refractivity contribution in [1.82, 2.24) is 14.5 Å². The number of carbonyl (C=O) groups excluding carboxylic acids is 1. The third-order valence-corrected chi connectivity index (χ3v) is 7.20. The lowest BCUT2D eigenvalue weighted by molar-refractivity contribution is 0.0631. The van der Waals surface area contributed by atoms with Gasteiger partial charge in [-0.15, -0.1) is 11.8 Å². The summed E-state index contributed by atoms with van der Waals surface area (Å²) in [6.07, 6.45) is 2.30. The molecule has 1 aliphatic heterocycles. The lowest BCUT2D eigenvalue weighted by atomic mass is 10.0. The van der Waals surface area contributed by atoms with Crippen LogP contribution in [0.5, 0.6) is 0 Å². The molecule has 3 heterocycles. The highest BCUT2D eigenvalue weighted by Gasteiger charge is 2.31. The average Bonchev–Trinajstić information content (AvgIpc) is 2.97. The zero-order valence-electron chi connectivity index (χ0n) is 19.4. The fourth-order valence-electron chi connectivity index (χ4n) is 4.32. The van der Waals surface area contributed by atoms with E-state index >= 15 is 0 Å². The Morgan fingerprint density at radius 2 is 2.00 bits per heavy atom. The van der Waals surface area contributed by atoms with E-state index in [-0.39, 0.29) is 28.2 Å². The number of rotatable bonds is 6. The van der Waals surface area contributed by atoms with Crippen LogP contribution >= 0.6 is 11.8 Å². The van der Waals surface area contributed by atoms with E-state index in [4.69, 9.17) is 4.74 Å². The number of nitrogens with zero attached hydrogens (tertiary/aromatic N) is 3. The number of hydrogen-bond acceptors (Lipinski definition) is 5. The van der Waals surface area contributed by atoms with E-state index in [1.807, 2.05) is 57.2 Å². The first kappa shape index (κ1) is 23.3. The Balaban J connectivity index is 1.94. The largest absolute Gasteiger partial charge is 0.383 e. The molecule has 3 aromatic rings. The molecule has 172 valence electrons. The van der Waals surface area contributed by atoms with Crippen LogP contribution < -0.4 is 5.43 Å². The summed E-state index contributed by atoms with van der Waals surface area (Å²) >= 11 is 1.72. The van der Waals surface area contributed by atoms with Crippen molar-refractivity contribution in [3.8, 4) is 5.69 Å². The van der Waals surface area contributed by atoms with E-state index in [1.54, 1.807) is 36.0 Å². The molecule has 0 saturated carbocycles. The van der Waals surface area contributed by atoms with E-state index < -0.39 is 0 Å². The number of hydrogen-bond donors (Lipinski definition) is 0. The highest BCUT2D eigenvalue weighted by Crippen LogP contribution is 2.43. The van der Waals surface area contributed by atoms with Crippen LogP contribution in [-0.2, 0) is 11.2 Å². The van der Waals surface area contributed by atoms with Crippen LogP contribution in [0.4, 0.5) is 0 Å². The zero-order chi connectivity index (χ0) is 23.5. The number of pyridine rings is 2. The number of fused-ring (bicyclic) bond motifs is 3. The number of amides is 1. The third kappa shape index (κ3) is 4.61. The number of aromatic nitrogens is 2. The van der Waals surface area contributed by atoms with Gasteiger partial charge in [-0.05, 0) is 45.0 Å². The fourth-order valence-corrected chi connectivity index (χ4v) is 5.57. The van der Waals surface area contributed by atoms with Gasteiger partial charge < -0.3 is 14.2 Å². The normalized spacial score (nSPS) is 15.0. The summed E-state index contributed by atoms with van der Waals surface area (Å²) in [6, 6.07) is 15.5. The first-order valence-electron chi connectivity index (χ1n) is 11.1. The highest BCUT2D eigenvalue weighted by atomic mass is 32.2. The van der Waals surface area contributed by atoms with Crippen LogP contribution in [0, 0.1) is 6.92 Å². The minimum absolute atomic E-state index is 0.0275. The molecule has 7 heteroatoms. The smallest absolute Gasteiger partial charge is 0.259 e. The van der Waals surface area contributed by atoms with E-state index in [0.29, 0.717) is 19.6 Å². The third-order valence-electron chi connectivity index (χ3n) is 5.90. The lowest BCUT2D eigenvalue weighted by Gasteiger charge is -2.28. The number of aryl methyl sites for hydroxylation is 1. The molecule has 0 radical (unpaired) electrons. The predicted octanol–water partition coefficient (Wildman–Crippen LogP) is 4.43. The van der Waals surface area contributed by atoms with Crippen molar-refractivity contribution in [2.45, 2.75) is 43.4 Å². The molecule has 4 rings (SSSR count). The maximum atomic E-state index is 13.8. The summed E-state index contributed by atoms with van der Waals surface area (Å²) in [7, 11) is 1.61. The quantitative estimate of drug-likeness (QED) is 0.541. The second-order valence-electron chi connectivity index (χ2n) is 8.43. The molecule has 1 aromatic carbocycles. The molecule has 0 spiro atoms. The second-order valence-corrected chi connectivity index (χ2v) is 9.67. The van der Waals surface area contributed by atoms with Crippen LogP contribution in [0.25, 0.3) is 5.69 Å². The zero-order valence-corrected chi connectivity index (χ0v) is 20.3. The SMILES string of the molecule is COCCN(C(=O)c1c2n(c(C)cc1=O)-c1ccccc1S[C@H](c1ccccn1)C2)C(C)C. The van der Waals surface area contributed by atoms with Gasteiger partial charge in [-0.3, -0.25) is 14.6 Å². The minimum Gasteiger partial charge on any atom is -0.383 e. The summed E-state index contributed by atoms with van der Waals surface area (Å²) in [4.78, 5) is 34.5. The summed E-state index contributed by atoms with van der Waals surface area (Å²) < 4.78 is 7.30. The average molecular weight is 464 g/mol. The van der Waals surface area contributed by atoms with Crippen LogP contribution in [0.3, 0.4) is 0 Å². The molecule has 1 atom stereocenters. The van der Waals surface area contributed by atoms with Gasteiger partial charge in [-0.2, -0.15) is 0 Å². The molecule has 0 fully saturated rings. The molecule has 0 aliphatic carbocycles. The van der Waals surface area contributed by atoms with Gasteiger partial charge in [0, 0.05) is 54.7 Å². The van der Waals surface area contributed by atoms with E-state index in [0.717, 1.165) is 27.7 Å². The van der Waals surface area contributed by atoms with Gasteiger partial charge in [-0.1, -0.05) is 18.2 Å². The van der Waals surface area contributed by atoms with E-state index in [9.17, 15) is 9.59 Å². The Labute approximate surface area is 198 Å². The maximum Gasteiger partial charge on any atom is 0.259 e. The molecule has 0 bridgehead atoms. The highest BCUT2D eigenvalue weighted by molar-refractivity contribution is 7.99. The van der Waals surface area contributed by atoms with Gasteiger partial charge in [0.15, 0.2) is 5.43 Å². The van der Waals surface area contributed by atoms with Gasteiger partial charge in [0.25, 0.3) is 5.91 Å². The van der Waals surface area contributed by atoms with Gasteiger partial charge in [-0.25, -0.2) is 0 Å². The van der Waals surface area contributed by atoms with Crippen molar-refractivity contribution in [2.24, 2.45) is 0 Å². The van der Waals surface area contributed by atoms with E-state index in [1.165, 1.54) is 0 Å². The van der Waals surface area contributed by atoms with Crippen molar-refractivity contribution < 1.29 is 9.53 Å². The number of benzene rings is 1. The van der Waals surface area contributed by atoms with E-state index in [2.05, 4.69) is 15.6 Å². The van der Waals surface area contributed by atoms with Crippen molar-refractivity contribution in [2.75, 3.05) is 20.3 Å². The minimum atomic E-state index is -0.250. The summed E-state index contributed by atoms with van der Waals surface area (Å²) in [5.74, 6) is -0.250. The van der Waals surface area contributed by atoms with Crippen molar-refractivity contribution in [3.63, 3.8) is 0 Å². The molecule has 1 amide bonds. The number of para-hydroxylation sites is 1. The molecule has 1 aliphatic rings. The molecular weight excluding hydrogens is 434 g/mol. The molecule has 0 N–H and O–H groups in total. The Bertz CT molecular complexity index is 1210. The Morgan fingerprint density at radius 1 is 1.24 bits per heavy atom. The maximum absolute atomic E-state index is 13.8. The van der Waals surface area contributed by atoms with Gasteiger partial charge in [0.1, 0.15) is 5.56 Å². The molecule has 0 unspecified atom stereocenters. The van der Waals surface area contributed by atoms with Crippen LogP contribution in [0.15, 0.2) is 64.4 Å². The Morgan fingerprint density at radius 3 is 2.70 bits per heavy atom. The topological polar surface area (TPSA) is 64.4 Å². The molecular formula is C26H29N3O3S. The molecule has 33 heavy (non-hydrogen) atoms. The molecule has 0 saturated heterocycles. The van der Waals surface area contributed by atoms with Crippen LogP contribution in [-0.4, -0.2) is 46.7 Å². The summed E-state index contributed by atoms with van der Waals surface area (Å²) in [5, 5.41) is -0.0275. The number of carbonyl (C=O) groups is 1. The number of thioether (sulfide) groups is 1. The molecule has 6 nitrogen and oxygen atoms in total. The van der Waals surface area contributed by atoms with Gasteiger partial charge in [0.05, 0.1) is 23.2 Å². The lowest BCUT2D eigenvalue weighted by Crippen LogP contribution is -2.42. The molecule has 2 aromatic heterocycles. The Hall–Kier alpha value is -2.90. The fraction of sp³-hybridized carbons (Fsp3) is 0.346. The summed E-state index contributed by atoms with van der Waals surface area (Å²) in [5.41, 5.74) is 3.46. The first-order valence-corrected chi connectivity index (χ1v) is 12.0.